The Bertz CT molecular complexity index is 479. The minimum absolute atomic E-state index is 0.112. The molecule has 5 nitrogen and oxygen atoms in total. The number of aromatic hydroxyl groups is 1. The molecule has 1 fully saturated rings. The van der Waals surface area contributed by atoms with E-state index in [-0.39, 0.29) is 23.3 Å². The Hall–Kier alpha value is -1.33. The highest BCUT2D eigenvalue weighted by atomic mass is 35.5. The van der Waals surface area contributed by atoms with Gasteiger partial charge in [0.25, 0.3) is 5.91 Å². The highest BCUT2D eigenvalue weighted by molar-refractivity contribution is 6.18. The van der Waals surface area contributed by atoms with E-state index in [4.69, 9.17) is 16.3 Å². The Balaban J connectivity index is 2.21. The molecule has 1 unspecified atom stereocenters. The van der Waals surface area contributed by atoms with Crippen LogP contribution in [0.15, 0.2) is 18.5 Å². The van der Waals surface area contributed by atoms with Crippen molar-refractivity contribution in [3.8, 4) is 5.75 Å². The Labute approximate surface area is 117 Å². The fraction of sp³-hybridized carbons (Fsp3) is 0.538. The van der Waals surface area contributed by atoms with Crippen LogP contribution in [0.5, 0.6) is 5.75 Å². The molecule has 1 aliphatic heterocycles. The summed E-state index contributed by atoms with van der Waals surface area (Å²) in [5.41, 5.74) is -0.197. The number of ether oxygens (including phenoxy) is 1. The van der Waals surface area contributed by atoms with Gasteiger partial charge < -0.3 is 14.7 Å². The summed E-state index contributed by atoms with van der Waals surface area (Å²) in [6, 6.07) is 1.51. The second kappa shape index (κ2) is 5.35. The molecule has 1 atom stereocenters. The number of alkyl halides is 1. The van der Waals surface area contributed by atoms with Crippen LogP contribution in [0.25, 0.3) is 0 Å². The van der Waals surface area contributed by atoms with E-state index in [1.165, 1.54) is 18.5 Å². The fourth-order valence-corrected chi connectivity index (χ4v) is 2.43. The molecule has 1 aromatic rings. The van der Waals surface area contributed by atoms with Gasteiger partial charge in [-0.3, -0.25) is 9.78 Å². The number of rotatable bonds is 2. The van der Waals surface area contributed by atoms with E-state index < -0.39 is 5.60 Å². The monoisotopic (exact) mass is 284 g/mol. The van der Waals surface area contributed by atoms with Crippen molar-refractivity contribution in [2.24, 2.45) is 0 Å². The van der Waals surface area contributed by atoms with E-state index in [9.17, 15) is 9.90 Å². The molecule has 19 heavy (non-hydrogen) atoms. The normalized spacial score (nSPS) is 22.3. The van der Waals surface area contributed by atoms with Crippen molar-refractivity contribution in [1.82, 2.24) is 9.88 Å². The molecule has 1 N–H and O–H groups in total. The van der Waals surface area contributed by atoms with Crippen molar-refractivity contribution >= 4 is 17.5 Å². The third-order valence-corrected chi connectivity index (χ3v) is 3.32. The van der Waals surface area contributed by atoms with Crippen LogP contribution in [0, 0.1) is 0 Å². The Morgan fingerprint density at radius 2 is 2.42 bits per heavy atom. The average molecular weight is 285 g/mol. The number of morpholine rings is 1. The summed E-state index contributed by atoms with van der Waals surface area (Å²) in [6.45, 7) is 4.71. The van der Waals surface area contributed by atoms with Crippen molar-refractivity contribution in [3.63, 3.8) is 0 Å². The molecule has 104 valence electrons. The summed E-state index contributed by atoms with van der Waals surface area (Å²) in [7, 11) is 0. The molecule has 1 aliphatic rings. The van der Waals surface area contributed by atoms with Crippen LogP contribution >= 0.6 is 11.6 Å². The van der Waals surface area contributed by atoms with Crippen LogP contribution < -0.4 is 0 Å². The number of hydrogen-bond donors (Lipinski definition) is 1. The number of halogens is 1. The summed E-state index contributed by atoms with van der Waals surface area (Å²) >= 11 is 5.83. The molecule has 0 aliphatic carbocycles. The number of carbonyl (C=O) groups excluding carboxylic acids is 1. The summed E-state index contributed by atoms with van der Waals surface area (Å²) in [6.07, 6.45) is 2.55. The maximum absolute atomic E-state index is 12.4. The minimum atomic E-state index is -0.448. The molecular weight excluding hydrogens is 268 g/mol. The lowest BCUT2D eigenvalue weighted by Crippen LogP contribution is -2.55. The van der Waals surface area contributed by atoms with Gasteiger partial charge in [0, 0.05) is 19.3 Å². The van der Waals surface area contributed by atoms with E-state index >= 15 is 0 Å². The van der Waals surface area contributed by atoms with Gasteiger partial charge in [-0.25, -0.2) is 0 Å². The maximum Gasteiger partial charge on any atom is 0.257 e. The molecule has 2 rings (SSSR count). The van der Waals surface area contributed by atoms with Crippen molar-refractivity contribution in [2.75, 3.05) is 19.0 Å². The Morgan fingerprint density at radius 3 is 3.05 bits per heavy atom. The first-order chi connectivity index (χ1) is 8.93. The van der Waals surface area contributed by atoms with Gasteiger partial charge in [-0.05, 0) is 19.9 Å². The van der Waals surface area contributed by atoms with Crippen LogP contribution in [0.4, 0.5) is 0 Å². The lowest BCUT2D eigenvalue weighted by Gasteiger charge is -2.42. The first-order valence-electron chi connectivity index (χ1n) is 6.09. The van der Waals surface area contributed by atoms with E-state index in [0.717, 1.165) is 0 Å². The standard InChI is InChI=1S/C13H17ClN2O3/c1-13(2)8-16(7-9(5-14)19-13)12(18)10-3-4-15-6-11(10)17/h3-4,6,9,17H,5,7-8H2,1-2H3. The third-order valence-electron chi connectivity index (χ3n) is 2.97. The van der Waals surface area contributed by atoms with Gasteiger partial charge >= 0.3 is 0 Å². The molecule has 1 saturated heterocycles. The lowest BCUT2D eigenvalue weighted by atomic mass is 10.0. The van der Waals surface area contributed by atoms with Crippen molar-refractivity contribution in [2.45, 2.75) is 25.6 Å². The number of pyridine rings is 1. The molecule has 2 heterocycles. The number of aromatic nitrogens is 1. The molecule has 6 heteroatoms. The van der Waals surface area contributed by atoms with Gasteiger partial charge in [-0.2, -0.15) is 0 Å². The summed E-state index contributed by atoms with van der Waals surface area (Å²) in [5, 5.41) is 9.70. The fourth-order valence-electron chi connectivity index (χ4n) is 2.27. The number of amides is 1. The van der Waals surface area contributed by atoms with Gasteiger partial charge in [0.2, 0.25) is 0 Å². The van der Waals surface area contributed by atoms with Crippen molar-refractivity contribution in [3.05, 3.63) is 24.0 Å². The van der Waals surface area contributed by atoms with Gasteiger partial charge in [-0.1, -0.05) is 0 Å². The second-order valence-electron chi connectivity index (χ2n) is 5.23. The zero-order valence-corrected chi connectivity index (χ0v) is 11.7. The average Bonchev–Trinajstić information content (AvgIpc) is 2.36. The highest BCUT2D eigenvalue weighted by Crippen LogP contribution is 2.25. The van der Waals surface area contributed by atoms with E-state index in [1.807, 2.05) is 13.8 Å². The SMILES string of the molecule is CC1(C)CN(C(=O)c2ccncc2O)CC(CCl)O1. The zero-order valence-electron chi connectivity index (χ0n) is 11.0. The minimum Gasteiger partial charge on any atom is -0.505 e. The van der Waals surface area contributed by atoms with Crippen LogP contribution in [0.2, 0.25) is 0 Å². The summed E-state index contributed by atoms with van der Waals surface area (Å²) in [5.74, 6) is -0.0131. The summed E-state index contributed by atoms with van der Waals surface area (Å²) in [4.78, 5) is 17.8. The number of nitrogens with zero attached hydrogens (tertiary/aromatic N) is 2. The van der Waals surface area contributed by atoms with Gasteiger partial charge in [0.1, 0.15) is 5.75 Å². The molecule has 1 amide bonds. The zero-order chi connectivity index (χ0) is 14.0. The largest absolute Gasteiger partial charge is 0.505 e. The second-order valence-corrected chi connectivity index (χ2v) is 5.54. The molecule has 0 saturated carbocycles. The first kappa shape index (κ1) is 14.1. The van der Waals surface area contributed by atoms with E-state index in [0.29, 0.717) is 19.0 Å². The Morgan fingerprint density at radius 1 is 1.68 bits per heavy atom. The van der Waals surface area contributed by atoms with Crippen LogP contribution in [-0.4, -0.2) is 51.6 Å². The highest BCUT2D eigenvalue weighted by Gasteiger charge is 2.36. The number of carbonyl (C=O) groups is 1. The predicted molar refractivity (Wildman–Crippen MR) is 71.5 cm³/mol. The van der Waals surface area contributed by atoms with E-state index in [2.05, 4.69) is 4.98 Å². The van der Waals surface area contributed by atoms with Gasteiger partial charge in [0.15, 0.2) is 0 Å². The Kier molecular flexibility index (Phi) is 3.96. The maximum atomic E-state index is 12.4. The molecular formula is C13H17ClN2O3. The van der Waals surface area contributed by atoms with Gasteiger partial charge in [0.05, 0.1) is 29.3 Å². The molecule has 1 aromatic heterocycles. The molecule has 0 radical (unpaired) electrons. The molecule has 0 bridgehead atoms. The topological polar surface area (TPSA) is 62.7 Å². The van der Waals surface area contributed by atoms with Crippen LogP contribution in [0.1, 0.15) is 24.2 Å². The third kappa shape index (κ3) is 3.16. The lowest BCUT2D eigenvalue weighted by molar-refractivity contribution is -0.117. The van der Waals surface area contributed by atoms with Crippen LogP contribution in [0.3, 0.4) is 0 Å². The van der Waals surface area contributed by atoms with Crippen molar-refractivity contribution in [1.29, 1.82) is 0 Å². The van der Waals surface area contributed by atoms with Crippen molar-refractivity contribution < 1.29 is 14.6 Å². The quantitative estimate of drug-likeness (QED) is 0.839. The molecule has 0 aromatic carbocycles. The summed E-state index contributed by atoms with van der Waals surface area (Å²) < 4.78 is 5.77. The number of hydrogen-bond acceptors (Lipinski definition) is 4. The smallest absolute Gasteiger partial charge is 0.257 e. The van der Waals surface area contributed by atoms with E-state index in [1.54, 1.807) is 4.90 Å². The molecule has 0 spiro atoms. The first-order valence-corrected chi connectivity index (χ1v) is 6.62. The predicted octanol–water partition coefficient (Wildman–Crippen LogP) is 1.65. The van der Waals surface area contributed by atoms with Gasteiger partial charge in [-0.15, -0.1) is 11.6 Å². The van der Waals surface area contributed by atoms with Crippen LogP contribution in [-0.2, 0) is 4.74 Å².